The first kappa shape index (κ1) is 10.6. The second kappa shape index (κ2) is 6.02. The highest BCUT2D eigenvalue weighted by Crippen LogP contribution is 2.03. The number of nitrogens with zero attached hydrogens (tertiary/aromatic N) is 3. The molecule has 1 aromatic heterocycles. The number of hydrogen-bond donors (Lipinski definition) is 0. The van der Waals surface area contributed by atoms with Crippen LogP contribution < -0.4 is 0 Å². The van der Waals surface area contributed by atoms with E-state index in [1.54, 1.807) is 24.8 Å². The number of allylic oxidation sites excluding steroid dienone is 1. The van der Waals surface area contributed by atoms with Crippen molar-refractivity contribution >= 4 is 11.8 Å². The largest absolute Gasteiger partial charge is 0.293 e. The van der Waals surface area contributed by atoms with Crippen molar-refractivity contribution in [3.8, 4) is 0 Å². The van der Waals surface area contributed by atoms with E-state index in [1.165, 1.54) is 0 Å². The Kier molecular flexibility index (Phi) is 4.55. The third-order valence-electron chi connectivity index (χ3n) is 1.78. The molecule has 14 heavy (non-hydrogen) atoms. The maximum absolute atomic E-state index is 4.25. The molecule has 74 valence electrons. The Morgan fingerprint density at radius 1 is 1.57 bits per heavy atom. The standard InChI is InChI=1S/C11H15N3/c1-3-4-5-12-8-10(2)11-9-13-6-7-14-11/h6-9H,2-5H2,1H3/b12-8-. The van der Waals surface area contributed by atoms with Gasteiger partial charge < -0.3 is 0 Å². The number of hydrogen-bond acceptors (Lipinski definition) is 3. The molecule has 0 amide bonds. The van der Waals surface area contributed by atoms with Crippen molar-refractivity contribution in [1.82, 2.24) is 9.97 Å². The smallest absolute Gasteiger partial charge is 0.0894 e. The first-order valence-electron chi connectivity index (χ1n) is 4.79. The summed E-state index contributed by atoms with van der Waals surface area (Å²) < 4.78 is 0. The predicted molar refractivity (Wildman–Crippen MR) is 59.3 cm³/mol. The van der Waals surface area contributed by atoms with Gasteiger partial charge in [0, 0.05) is 30.7 Å². The van der Waals surface area contributed by atoms with Crippen molar-refractivity contribution in [2.75, 3.05) is 6.54 Å². The van der Waals surface area contributed by atoms with Crippen LogP contribution in [0.3, 0.4) is 0 Å². The van der Waals surface area contributed by atoms with Gasteiger partial charge >= 0.3 is 0 Å². The predicted octanol–water partition coefficient (Wildman–Crippen LogP) is 2.36. The Hall–Kier alpha value is -1.51. The SMILES string of the molecule is C=C(/C=N\CCCC)c1cnccn1. The molecule has 1 rings (SSSR count). The van der Waals surface area contributed by atoms with Crippen molar-refractivity contribution in [2.24, 2.45) is 4.99 Å². The average molecular weight is 189 g/mol. The summed E-state index contributed by atoms with van der Waals surface area (Å²) in [4.78, 5) is 12.3. The van der Waals surface area contributed by atoms with E-state index in [0.717, 1.165) is 30.7 Å². The van der Waals surface area contributed by atoms with Crippen molar-refractivity contribution in [2.45, 2.75) is 19.8 Å². The fourth-order valence-electron chi connectivity index (χ4n) is 0.955. The van der Waals surface area contributed by atoms with Crippen LogP contribution in [0.25, 0.3) is 5.57 Å². The van der Waals surface area contributed by atoms with Gasteiger partial charge in [0.2, 0.25) is 0 Å². The first-order chi connectivity index (χ1) is 6.84. The van der Waals surface area contributed by atoms with E-state index in [0.29, 0.717) is 0 Å². The molecule has 0 fully saturated rings. The lowest BCUT2D eigenvalue weighted by Crippen LogP contribution is -1.90. The molecule has 0 spiro atoms. The molecule has 0 bridgehead atoms. The molecule has 0 aliphatic rings. The molecule has 0 unspecified atom stereocenters. The molecule has 1 heterocycles. The van der Waals surface area contributed by atoms with E-state index >= 15 is 0 Å². The van der Waals surface area contributed by atoms with Gasteiger partial charge in [0.05, 0.1) is 11.9 Å². The lowest BCUT2D eigenvalue weighted by molar-refractivity contribution is 0.810. The van der Waals surface area contributed by atoms with Crippen molar-refractivity contribution in [1.29, 1.82) is 0 Å². The molecular formula is C11H15N3. The molecular weight excluding hydrogens is 174 g/mol. The Balaban J connectivity index is 2.47. The normalized spacial score (nSPS) is 10.6. The first-order valence-corrected chi connectivity index (χ1v) is 4.79. The highest BCUT2D eigenvalue weighted by Gasteiger charge is 1.94. The van der Waals surface area contributed by atoms with E-state index in [9.17, 15) is 0 Å². The van der Waals surface area contributed by atoms with E-state index in [4.69, 9.17) is 0 Å². The van der Waals surface area contributed by atoms with Gasteiger partial charge in [0.1, 0.15) is 0 Å². The molecule has 0 atom stereocenters. The van der Waals surface area contributed by atoms with Crippen LogP contribution in [0.2, 0.25) is 0 Å². The minimum Gasteiger partial charge on any atom is -0.293 e. The van der Waals surface area contributed by atoms with Gasteiger partial charge in [0.25, 0.3) is 0 Å². The maximum Gasteiger partial charge on any atom is 0.0894 e. The van der Waals surface area contributed by atoms with Gasteiger partial charge in [-0.1, -0.05) is 19.9 Å². The summed E-state index contributed by atoms with van der Waals surface area (Å²) in [6.45, 7) is 6.87. The zero-order chi connectivity index (χ0) is 10.2. The second-order valence-corrected chi connectivity index (χ2v) is 3.00. The van der Waals surface area contributed by atoms with Gasteiger partial charge in [0.15, 0.2) is 0 Å². The Morgan fingerprint density at radius 3 is 3.07 bits per heavy atom. The van der Waals surface area contributed by atoms with E-state index < -0.39 is 0 Å². The zero-order valence-corrected chi connectivity index (χ0v) is 8.48. The third kappa shape index (κ3) is 3.47. The summed E-state index contributed by atoms with van der Waals surface area (Å²) in [6.07, 6.45) is 9.03. The quantitative estimate of drug-likeness (QED) is 0.526. The maximum atomic E-state index is 4.25. The topological polar surface area (TPSA) is 38.1 Å². The van der Waals surface area contributed by atoms with Crippen LogP contribution in [-0.4, -0.2) is 22.7 Å². The molecule has 0 radical (unpaired) electrons. The van der Waals surface area contributed by atoms with Gasteiger partial charge in [-0.2, -0.15) is 0 Å². The van der Waals surface area contributed by atoms with Gasteiger partial charge in [-0.15, -0.1) is 0 Å². The Bertz CT molecular complexity index is 304. The molecule has 3 nitrogen and oxygen atoms in total. The minimum absolute atomic E-state index is 0.785. The van der Waals surface area contributed by atoms with Crippen LogP contribution in [0.5, 0.6) is 0 Å². The molecule has 1 aromatic rings. The van der Waals surface area contributed by atoms with Gasteiger partial charge in [-0.05, 0) is 6.42 Å². The molecule has 0 aromatic carbocycles. The van der Waals surface area contributed by atoms with Crippen molar-refractivity contribution < 1.29 is 0 Å². The summed E-state index contributed by atoms with van der Waals surface area (Å²) in [5, 5.41) is 0. The van der Waals surface area contributed by atoms with E-state index in [1.807, 2.05) is 0 Å². The Labute approximate surface area is 84.6 Å². The number of aliphatic imine (C=N–C) groups is 1. The summed E-state index contributed by atoms with van der Waals surface area (Å²) in [7, 11) is 0. The van der Waals surface area contributed by atoms with Crippen LogP contribution in [0.15, 0.2) is 30.2 Å². The number of aromatic nitrogens is 2. The fraction of sp³-hybridized carbons (Fsp3) is 0.364. The monoisotopic (exact) mass is 189 g/mol. The molecule has 0 saturated heterocycles. The summed E-state index contributed by atoms with van der Waals surface area (Å²) in [5.74, 6) is 0. The summed E-state index contributed by atoms with van der Waals surface area (Å²) in [6, 6.07) is 0. The van der Waals surface area contributed by atoms with Gasteiger partial charge in [-0.3, -0.25) is 15.0 Å². The Morgan fingerprint density at radius 2 is 2.43 bits per heavy atom. The van der Waals surface area contributed by atoms with Gasteiger partial charge in [-0.25, -0.2) is 0 Å². The molecule has 0 aliphatic heterocycles. The van der Waals surface area contributed by atoms with Crippen LogP contribution in [0.1, 0.15) is 25.5 Å². The lowest BCUT2D eigenvalue weighted by Gasteiger charge is -1.96. The summed E-state index contributed by atoms with van der Waals surface area (Å²) >= 11 is 0. The average Bonchev–Trinajstić information content (AvgIpc) is 2.25. The molecule has 0 saturated carbocycles. The van der Waals surface area contributed by atoms with Crippen LogP contribution in [0.4, 0.5) is 0 Å². The zero-order valence-electron chi connectivity index (χ0n) is 8.48. The third-order valence-corrected chi connectivity index (χ3v) is 1.78. The molecule has 0 aliphatic carbocycles. The van der Waals surface area contributed by atoms with Crippen LogP contribution in [-0.2, 0) is 0 Å². The molecule has 0 N–H and O–H groups in total. The summed E-state index contributed by atoms with van der Waals surface area (Å²) in [5.41, 5.74) is 1.60. The lowest BCUT2D eigenvalue weighted by atomic mass is 10.2. The van der Waals surface area contributed by atoms with Crippen molar-refractivity contribution in [3.63, 3.8) is 0 Å². The van der Waals surface area contributed by atoms with Crippen LogP contribution in [0, 0.1) is 0 Å². The highest BCUT2D eigenvalue weighted by molar-refractivity contribution is 6.07. The molecule has 3 heteroatoms. The van der Waals surface area contributed by atoms with E-state index in [-0.39, 0.29) is 0 Å². The number of unbranched alkanes of at least 4 members (excludes halogenated alkanes) is 1. The highest BCUT2D eigenvalue weighted by atomic mass is 14.8. The van der Waals surface area contributed by atoms with Crippen LogP contribution >= 0.6 is 0 Å². The fourth-order valence-corrected chi connectivity index (χ4v) is 0.955. The van der Waals surface area contributed by atoms with Crippen molar-refractivity contribution in [3.05, 3.63) is 30.9 Å². The number of rotatable bonds is 5. The van der Waals surface area contributed by atoms with E-state index in [2.05, 4.69) is 28.5 Å². The minimum atomic E-state index is 0.785. The second-order valence-electron chi connectivity index (χ2n) is 3.00.